The molecule has 0 spiro atoms. The van der Waals surface area contributed by atoms with Gasteiger partial charge in [0.1, 0.15) is 11.6 Å². The molecule has 1 saturated heterocycles. The van der Waals surface area contributed by atoms with E-state index in [-0.39, 0.29) is 23.7 Å². The van der Waals surface area contributed by atoms with Crippen LogP contribution in [0.15, 0.2) is 67.1 Å². The average Bonchev–Trinajstić information content (AvgIpc) is 3.28. The summed E-state index contributed by atoms with van der Waals surface area (Å²) in [4.78, 5) is 28.9. The van der Waals surface area contributed by atoms with Crippen molar-refractivity contribution < 1.29 is 9.18 Å². The van der Waals surface area contributed by atoms with Crippen LogP contribution in [0.3, 0.4) is 0 Å². The van der Waals surface area contributed by atoms with Crippen molar-refractivity contribution in [3.05, 3.63) is 95.6 Å². The fourth-order valence-electron chi connectivity index (χ4n) is 4.75. The molecule has 2 aromatic heterocycles. The van der Waals surface area contributed by atoms with Crippen LogP contribution in [0.2, 0.25) is 0 Å². The van der Waals surface area contributed by atoms with Crippen LogP contribution in [0.4, 0.5) is 10.3 Å². The minimum atomic E-state index is -0.314. The molecule has 1 aliphatic heterocycles. The van der Waals surface area contributed by atoms with E-state index in [0.717, 1.165) is 41.8 Å². The Morgan fingerprint density at radius 3 is 2.69 bits per heavy atom. The van der Waals surface area contributed by atoms with Crippen LogP contribution in [0.25, 0.3) is 11.1 Å². The molecular formula is C27H27FN6O. The number of nitrogen functional groups attached to an aromatic ring is 1. The summed E-state index contributed by atoms with van der Waals surface area (Å²) in [6.07, 6.45) is 7.99. The van der Waals surface area contributed by atoms with Gasteiger partial charge in [-0.15, -0.1) is 0 Å². The van der Waals surface area contributed by atoms with E-state index in [1.807, 2.05) is 46.9 Å². The molecule has 0 unspecified atom stereocenters. The topological polar surface area (TPSA) is 89.9 Å². The van der Waals surface area contributed by atoms with Crippen LogP contribution < -0.4 is 5.73 Å². The number of imidazole rings is 1. The lowest BCUT2D eigenvalue weighted by Gasteiger charge is -2.36. The van der Waals surface area contributed by atoms with Gasteiger partial charge in [0.15, 0.2) is 0 Å². The maximum atomic E-state index is 14.0. The van der Waals surface area contributed by atoms with Gasteiger partial charge in [-0.05, 0) is 55.5 Å². The van der Waals surface area contributed by atoms with Crippen molar-refractivity contribution in [2.75, 3.05) is 12.3 Å². The number of hydrogen-bond donors (Lipinski definition) is 1. The Labute approximate surface area is 203 Å². The number of nitrogens with two attached hydrogens (primary N) is 1. The molecule has 178 valence electrons. The normalized spacial score (nSPS) is 15.8. The summed E-state index contributed by atoms with van der Waals surface area (Å²) in [7, 11) is 0. The number of aromatic nitrogens is 4. The molecule has 7 nitrogen and oxygen atoms in total. The number of carbonyl (C=O) groups excluding carboxylic acids is 1. The van der Waals surface area contributed by atoms with E-state index in [1.165, 1.54) is 12.1 Å². The second-order valence-electron chi connectivity index (χ2n) is 8.80. The second-order valence-corrected chi connectivity index (χ2v) is 8.80. The highest BCUT2D eigenvalue weighted by atomic mass is 19.1. The number of piperidine rings is 1. The number of benzene rings is 2. The van der Waals surface area contributed by atoms with E-state index in [4.69, 9.17) is 5.73 Å². The molecule has 1 aliphatic rings. The lowest BCUT2D eigenvalue weighted by molar-refractivity contribution is 0.0605. The van der Waals surface area contributed by atoms with Gasteiger partial charge < -0.3 is 15.2 Å². The molecule has 35 heavy (non-hydrogen) atoms. The van der Waals surface area contributed by atoms with Gasteiger partial charge in [0.25, 0.3) is 5.91 Å². The monoisotopic (exact) mass is 470 g/mol. The molecule has 1 fully saturated rings. The third kappa shape index (κ3) is 4.64. The van der Waals surface area contributed by atoms with Gasteiger partial charge in [0, 0.05) is 42.8 Å². The summed E-state index contributed by atoms with van der Waals surface area (Å²) in [5.41, 5.74) is 9.83. The molecule has 1 atom stereocenters. The smallest absolute Gasteiger partial charge is 0.254 e. The molecule has 2 aromatic carbocycles. The van der Waals surface area contributed by atoms with Crippen LogP contribution in [0, 0.1) is 12.7 Å². The first kappa shape index (κ1) is 22.7. The molecule has 0 radical (unpaired) electrons. The first-order chi connectivity index (χ1) is 17.0. The van der Waals surface area contributed by atoms with Crippen LogP contribution in [-0.4, -0.2) is 36.9 Å². The summed E-state index contributed by atoms with van der Waals surface area (Å²) in [6.45, 7) is 3.13. The zero-order chi connectivity index (χ0) is 24.4. The van der Waals surface area contributed by atoms with E-state index in [2.05, 4.69) is 15.0 Å². The van der Waals surface area contributed by atoms with Crippen LogP contribution >= 0.6 is 0 Å². The van der Waals surface area contributed by atoms with Crippen LogP contribution in [0.5, 0.6) is 0 Å². The minimum absolute atomic E-state index is 0.0368. The highest BCUT2D eigenvalue weighted by Crippen LogP contribution is 2.37. The molecule has 8 heteroatoms. The summed E-state index contributed by atoms with van der Waals surface area (Å²) < 4.78 is 15.6. The van der Waals surface area contributed by atoms with E-state index in [0.29, 0.717) is 24.3 Å². The maximum Gasteiger partial charge on any atom is 0.254 e. The maximum absolute atomic E-state index is 14.0. The lowest BCUT2D eigenvalue weighted by atomic mass is 9.92. The largest absolute Gasteiger partial charge is 0.368 e. The van der Waals surface area contributed by atoms with Gasteiger partial charge in [0.05, 0.1) is 11.7 Å². The van der Waals surface area contributed by atoms with E-state index in [1.54, 1.807) is 24.5 Å². The van der Waals surface area contributed by atoms with Crippen LogP contribution in [0.1, 0.15) is 52.7 Å². The van der Waals surface area contributed by atoms with Crippen LogP contribution in [-0.2, 0) is 6.54 Å². The van der Waals surface area contributed by atoms with Crippen molar-refractivity contribution in [1.82, 2.24) is 24.4 Å². The van der Waals surface area contributed by atoms with E-state index in [9.17, 15) is 9.18 Å². The predicted molar refractivity (Wildman–Crippen MR) is 132 cm³/mol. The zero-order valence-electron chi connectivity index (χ0n) is 19.6. The number of nitrogens with zero attached hydrogens (tertiary/aromatic N) is 5. The third-order valence-corrected chi connectivity index (χ3v) is 6.58. The van der Waals surface area contributed by atoms with Crippen molar-refractivity contribution in [1.29, 1.82) is 0 Å². The fraction of sp³-hybridized carbons (Fsp3) is 0.259. The Bertz CT molecular complexity index is 1350. The first-order valence-corrected chi connectivity index (χ1v) is 11.8. The average molecular weight is 471 g/mol. The van der Waals surface area contributed by atoms with Crippen molar-refractivity contribution in [2.45, 2.75) is 38.8 Å². The Balaban J connectivity index is 1.53. The molecule has 2 N–H and O–H groups in total. The second kappa shape index (κ2) is 9.66. The highest BCUT2D eigenvalue weighted by Gasteiger charge is 2.32. The Morgan fingerprint density at radius 1 is 1.11 bits per heavy atom. The molecule has 0 aliphatic carbocycles. The van der Waals surface area contributed by atoms with E-state index < -0.39 is 0 Å². The Kier molecular flexibility index (Phi) is 6.27. The van der Waals surface area contributed by atoms with Crippen molar-refractivity contribution >= 4 is 11.9 Å². The standard InChI is InChI=1S/C27H27FN6O/c1-18-30-13-15-33(18)17-20-6-2-3-7-22(20)26(35)34-14-5-4-8-24(34)25-23(16-31-27(29)32-25)19-9-11-21(28)12-10-19/h2-3,6-7,9-13,15-16,24H,4-5,8,14,17H2,1H3,(H2,29,31,32)/t24-/m0/s1. The van der Waals surface area contributed by atoms with E-state index >= 15 is 0 Å². The SMILES string of the molecule is Cc1nccn1Cc1ccccc1C(=O)N1CCCC[C@H]1c1nc(N)ncc1-c1ccc(F)cc1. The number of anilines is 1. The molecule has 0 bridgehead atoms. The molecule has 4 aromatic rings. The van der Waals surface area contributed by atoms with Crippen molar-refractivity contribution in [3.63, 3.8) is 0 Å². The summed E-state index contributed by atoms with van der Waals surface area (Å²) in [5, 5.41) is 0. The molecule has 0 saturated carbocycles. The molecule has 1 amide bonds. The zero-order valence-corrected chi connectivity index (χ0v) is 19.6. The highest BCUT2D eigenvalue weighted by molar-refractivity contribution is 5.96. The molecule has 3 heterocycles. The number of hydrogen-bond acceptors (Lipinski definition) is 5. The summed E-state index contributed by atoms with van der Waals surface area (Å²) in [5.74, 6) is 0.694. The number of aryl methyl sites for hydroxylation is 1. The molecule has 5 rings (SSSR count). The van der Waals surface area contributed by atoms with Gasteiger partial charge in [-0.2, -0.15) is 0 Å². The van der Waals surface area contributed by atoms with Gasteiger partial charge >= 0.3 is 0 Å². The van der Waals surface area contributed by atoms with Gasteiger partial charge in [0.2, 0.25) is 5.95 Å². The number of rotatable bonds is 5. The number of halogens is 1. The summed E-state index contributed by atoms with van der Waals surface area (Å²) >= 11 is 0. The molecular weight excluding hydrogens is 443 g/mol. The minimum Gasteiger partial charge on any atom is -0.368 e. The van der Waals surface area contributed by atoms with Gasteiger partial charge in [-0.1, -0.05) is 30.3 Å². The number of carbonyl (C=O) groups is 1. The number of amides is 1. The van der Waals surface area contributed by atoms with Gasteiger partial charge in [-0.3, -0.25) is 4.79 Å². The predicted octanol–water partition coefficient (Wildman–Crippen LogP) is 4.79. The van der Waals surface area contributed by atoms with Crippen molar-refractivity contribution in [2.24, 2.45) is 0 Å². The summed E-state index contributed by atoms with van der Waals surface area (Å²) in [6, 6.07) is 13.7. The fourth-order valence-corrected chi connectivity index (χ4v) is 4.75. The van der Waals surface area contributed by atoms with Crippen molar-refractivity contribution in [3.8, 4) is 11.1 Å². The van der Waals surface area contributed by atoms with Gasteiger partial charge in [-0.25, -0.2) is 19.3 Å². The Hall–Kier alpha value is -4.07. The Morgan fingerprint density at radius 2 is 1.91 bits per heavy atom. The quantitative estimate of drug-likeness (QED) is 0.453. The number of likely N-dealkylation sites (tertiary alicyclic amines) is 1. The first-order valence-electron chi connectivity index (χ1n) is 11.8. The lowest BCUT2D eigenvalue weighted by Crippen LogP contribution is -2.39. The third-order valence-electron chi connectivity index (χ3n) is 6.58.